The Morgan fingerprint density at radius 1 is 1.24 bits per heavy atom. The van der Waals surface area contributed by atoms with Crippen molar-refractivity contribution in [3.8, 4) is 17.0 Å². The van der Waals surface area contributed by atoms with Gasteiger partial charge in [-0.2, -0.15) is 0 Å². The maximum absolute atomic E-state index is 5.66. The Morgan fingerprint density at radius 3 is 2.82 bits per heavy atom. The number of pyridine rings is 1. The van der Waals surface area contributed by atoms with E-state index < -0.39 is 0 Å². The lowest BCUT2D eigenvalue weighted by molar-refractivity contribution is 0.364. The van der Waals surface area contributed by atoms with Gasteiger partial charge >= 0.3 is 0 Å². The van der Waals surface area contributed by atoms with Crippen LogP contribution in [0.5, 0.6) is 5.75 Å². The molecule has 0 bridgehead atoms. The fourth-order valence-corrected chi connectivity index (χ4v) is 1.75. The summed E-state index contributed by atoms with van der Waals surface area (Å²) in [5.41, 5.74) is 3.14. The van der Waals surface area contributed by atoms with Gasteiger partial charge in [-0.25, -0.2) is 0 Å². The molecule has 0 amide bonds. The van der Waals surface area contributed by atoms with Gasteiger partial charge in [0.05, 0.1) is 5.69 Å². The molecule has 0 N–H and O–H groups in total. The normalized spacial score (nSPS) is 9.94. The third kappa shape index (κ3) is 2.53. The molecule has 1 heterocycles. The largest absolute Gasteiger partial charge is 0.489 e. The van der Waals surface area contributed by atoms with E-state index in [9.17, 15) is 0 Å². The van der Waals surface area contributed by atoms with Gasteiger partial charge in [0.1, 0.15) is 12.4 Å². The van der Waals surface area contributed by atoms with Gasteiger partial charge in [-0.3, -0.25) is 4.98 Å². The Morgan fingerprint density at radius 2 is 2.12 bits per heavy atom. The van der Waals surface area contributed by atoms with E-state index in [0.717, 1.165) is 22.6 Å². The van der Waals surface area contributed by atoms with Crippen LogP contribution in [0.3, 0.4) is 0 Å². The van der Waals surface area contributed by atoms with Gasteiger partial charge < -0.3 is 4.74 Å². The topological polar surface area (TPSA) is 22.1 Å². The predicted molar refractivity (Wildman–Crippen MR) is 70.1 cm³/mol. The molecule has 2 aromatic rings. The number of aromatic nitrogens is 1. The summed E-state index contributed by atoms with van der Waals surface area (Å²) >= 11 is 0. The summed E-state index contributed by atoms with van der Waals surface area (Å²) in [5.74, 6) is 0.851. The number of hydrogen-bond donors (Lipinski definition) is 0. The molecule has 0 aliphatic heterocycles. The van der Waals surface area contributed by atoms with Crippen LogP contribution in [-0.4, -0.2) is 11.6 Å². The second kappa shape index (κ2) is 5.30. The summed E-state index contributed by atoms with van der Waals surface area (Å²) in [6.07, 6.45) is 3.53. The summed E-state index contributed by atoms with van der Waals surface area (Å²) in [4.78, 5) is 4.37. The average Bonchev–Trinajstić information content (AvgIpc) is 2.37. The monoisotopic (exact) mass is 225 g/mol. The molecule has 2 heteroatoms. The lowest BCUT2D eigenvalue weighted by Crippen LogP contribution is -1.97. The number of ether oxygens (including phenoxy) is 1. The van der Waals surface area contributed by atoms with Gasteiger partial charge in [-0.05, 0) is 30.7 Å². The molecule has 2 nitrogen and oxygen atoms in total. The Bertz CT molecular complexity index is 506. The van der Waals surface area contributed by atoms with E-state index >= 15 is 0 Å². The first-order valence-electron chi connectivity index (χ1n) is 5.57. The number of hydrogen-bond acceptors (Lipinski definition) is 2. The average molecular weight is 225 g/mol. The fraction of sp³-hybridized carbons (Fsp3) is 0.133. The van der Waals surface area contributed by atoms with Crippen molar-refractivity contribution in [1.29, 1.82) is 0 Å². The summed E-state index contributed by atoms with van der Waals surface area (Å²) in [5, 5.41) is 0. The smallest absolute Gasteiger partial charge is 0.129 e. The molecule has 1 aromatic heterocycles. The second-order valence-corrected chi connectivity index (χ2v) is 3.76. The van der Waals surface area contributed by atoms with Gasteiger partial charge in [0.2, 0.25) is 0 Å². The molecule has 0 saturated carbocycles. The van der Waals surface area contributed by atoms with E-state index in [1.807, 2.05) is 30.3 Å². The molecule has 0 fully saturated rings. The molecule has 1 aromatic carbocycles. The van der Waals surface area contributed by atoms with Crippen LogP contribution in [0.2, 0.25) is 0 Å². The van der Waals surface area contributed by atoms with Crippen LogP contribution in [-0.2, 0) is 0 Å². The highest BCUT2D eigenvalue weighted by molar-refractivity contribution is 5.70. The van der Waals surface area contributed by atoms with Gasteiger partial charge in [0, 0.05) is 11.8 Å². The molecule has 0 atom stereocenters. The van der Waals surface area contributed by atoms with Crippen LogP contribution in [0.4, 0.5) is 0 Å². The lowest BCUT2D eigenvalue weighted by atomic mass is 10.0. The number of rotatable bonds is 4. The van der Waals surface area contributed by atoms with Crippen LogP contribution < -0.4 is 4.74 Å². The molecule has 0 aliphatic carbocycles. The summed E-state index contributed by atoms with van der Waals surface area (Å²) in [7, 11) is 0. The van der Waals surface area contributed by atoms with Crippen LogP contribution in [0.1, 0.15) is 5.56 Å². The molecule has 0 saturated heterocycles. The highest BCUT2D eigenvalue weighted by Crippen LogP contribution is 2.31. The van der Waals surface area contributed by atoms with Gasteiger partial charge in [-0.1, -0.05) is 30.9 Å². The maximum Gasteiger partial charge on any atom is 0.129 e. The van der Waals surface area contributed by atoms with Crippen molar-refractivity contribution in [3.63, 3.8) is 0 Å². The lowest BCUT2D eigenvalue weighted by Gasteiger charge is -2.12. The molecular weight excluding hydrogens is 210 g/mol. The van der Waals surface area contributed by atoms with Crippen molar-refractivity contribution in [1.82, 2.24) is 4.98 Å². The minimum absolute atomic E-state index is 0.503. The Kier molecular flexibility index (Phi) is 3.55. The Balaban J connectivity index is 2.47. The van der Waals surface area contributed by atoms with E-state index in [1.165, 1.54) is 0 Å². The molecule has 17 heavy (non-hydrogen) atoms. The minimum atomic E-state index is 0.503. The Hall–Kier alpha value is -2.09. The van der Waals surface area contributed by atoms with E-state index in [4.69, 9.17) is 4.74 Å². The Labute approximate surface area is 102 Å². The molecule has 86 valence electrons. The van der Waals surface area contributed by atoms with Crippen molar-refractivity contribution >= 4 is 0 Å². The maximum atomic E-state index is 5.66. The fourth-order valence-electron chi connectivity index (χ4n) is 1.75. The first-order chi connectivity index (χ1) is 8.33. The van der Waals surface area contributed by atoms with E-state index in [0.29, 0.717) is 6.61 Å². The second-order valence-electron chi connectivity index (χ2n) is 3.76. The molecule has 0 spiro atoms. The summed E-state index contributed by atoms with van der Waals surface area (Å²) < 4.78 is 5.66. The van der Waals surface area contributed by atoms with Crippen LogP contribution in [0.15, 0.2) is 55.3 Å². The van der Waals surface area contributed by atoms with Crippen molar-refractivity contribution in [2.45, 2.75) is 6.92 Å². The van der Waals surface area contributed by atoms with Crippen molar-refractivity contribution < 1.29 is 4.74 Å². The standard InChI is InChI=1S/C15H15NO/c1-3-11-17-14-9-6-7-12(2)15(14)13-8-4-5-10-16-13/h3-10H,1,11H2,2H3. The first-order valence-corrected chi connectivity index (χ1v) is 5.57. The zero-order chi connectivity index (χ0) is 12.1. The molecule has 2 rings (SSSR count). The highest BCUT2D eigenvalue weighted by Gasteiger charge is 2.09. The summed E-state index contributed by atoms with van der Waals surface area (Å²) in [6, 6.07) is 11.9. The van der Waals surface area contributed by atoms with Crippen LogP contribution in [0.25, 0.3) is 11.3 Å². The third-order valence-electron chi connectivity index (χ3n) is 2.51. The van der Waals surface area contributed by atoms with Crippen molar-refractivity contribution in [3.05, 3.63) is 60.8 Å². The van der Waals surface area contributed by atoms with Crippen LogP contribution >= 0.6 is 0 Å². The molecule has 0 aliphatic rings. The zero-order valence-electron chi connectivity index (χ0n) is 9.89. The van der Waals surface area contributed by atoms with E-state index in [-0.39, 0.29) is 0 Å². The van der Waals surface area contributed by atoms with Crippen molar-refractivity contribution in [2.75, 3.05) is 6.61 Å². The van der Waals surface area contributed by atoms with E-state index in [2.05, 4.69) is 24.6 Å². The highest BCUT2D eigenvalue weighted by atomic mass is 16.5. The zero-order valence-corrected chi connectivity index (χ0v) is 9.89. The van der Waals surface area contributed by atoms with Crippen LogP contribution in [0, 0.1) is 6.92 Å². The third-order valence-corrected chi connectivity index (χ3v) is 2.51. The first kappa shape index (κ1) is 11.4. The molecular formula is C15H15NO. The SMILES string of the molecule is C=CCOc1cccc(C)c1-c1ccccn1. The van der Waals surface area contributed by atoms with Gasteiger partial charge in [0.15, 0.2) is 0 Å². The molecule has 0 radical (unpaired) electrons. The number of benzene rings is 1. The van der Waals surface area contributed by atoms with Gasteiger partial charge in [-0.15, -0.1) is 0 Å². The quantitative estimate of drug-likeness (QED) is 0.741. The predicted octanol–water partition coefficient (Wildman–Crippen LogP) is 3.62. The minimum Gasteiger partial charge on any atom is -0.489 e. The molecule has 0 unspecified atom stereocenters. The van der Waals surface area contributed by atoms with Gasteiger partial charge in [0.25, 0.3) is 0 Å². The number of aryl methyl sites for hydroxylation is 1. The van der Waals surface area contributed by atoms with E-state index in [1.54, 1.807) is 12.3 Å². The van der Waals surface area contributed by atoms with Crippen molar-refractivity contribution in [2.24, 2.45) is 0 Å². The summed E-state index contributed by atoms with van der Waals surface area (Å²) in [6.45, 7) is 6.22. The number of nitrogens with zero attached hydrogens (tertiary/aromatic N) is 1.